The largest absolute Gasteiger partial charge is 0.458 e. The van der Waals surface area contributed by atoms with Gasteiger partial charge < -0.3 is 14.5 Å². The zero-order chi connectivity index (χ0) is 21.0. The molecule has 2 fully saturated rings. The Kier molecular flexibility index (Phi) is 4.88. The topological polar surface area (TPSA) is 49.9 Å². The summed E-state index contributed by atoms with van der Waals surface area (Å²) in [6.07, 6.45) is -2.72. The molecule has 1 aromatic carbocycles. The van der Waals surface area contributed by atoms with Gasteiger partial charge in [0.05, 0.1) is 17.4 Å². The first kappa shape index (κ1) is 20.2. The third kappa shape index (κ3) is 3.52. The van der Waals surface area contributed by atoms with Gasteiger partial charge in [0.2, 0.25) is 5.91 Å². The van der Waals surface area contributed by atoms with Gasteiger partial charge in [0.15, 0.2) is 0 Å². The van der Waals surface area contributed by atoms with Crippen molar-refractivity contribution in [1.82, 2.24) is 9.80 Å². The fourth-order valence-corrected chi connectivity index (χ4v) is 4.92. The number of esters is 1. The number of amides is 1. The lowest BCUT2D eigenvalue weighted by Gasteiger charge is -2.42. The molecule has 0 radical (unpaired) electrons. The zero-order valence-corrected chi connectivity index (χ0v) is 16.6. The minimum atomic E-state index is -4.42. The summed E-state index contributed by atoms with van der Waals surface area (Å²) in [6.45, 7) is 3.76. The van der Waals surface area contributed by atoms with Gasteiger partial charge >= 0.3 is 12.1 Å². The van der Waals surface area contributed by atoms with Crippen LogP contribution in [0.4, 0.5) is 13.2 Å². The molecule has 1 spiro atoms. The Morgan fingerprint density at radius 1 is 1.17 bits per heavy atom. The van der Waals surface area contributed by atoms with Crippen molar-refractivity contribution in [1.29, 1.82) is 0 Å². The number of halogens is 3. The van der Waals surface area contributed by atoms with Crippen LogP contribution in [0.25, 0.3) is 0 Å². The number of likely N-dealkylation sites (tertiary alicyclic amines) is 1. The minimum Gasteiger partial charge on any atom is -0.458 e. The molecular weight excluding hydrogens is 385 g/mol. The maximum Gasteiger partial charge on any atom is 0.416 e. The van der Waals surface area contributed by atoms with Crippen molar-refractivity contribution in [3.8, 4) is 0 Å². The number of carbonyl (C=O) groups excluding carboxylic acids is 2. The van der Waals surface area contributed by atoms with Gasteiger partial charge in [-0.2, -0.15) is 13.2 Å². The first-order valence-corrected chi connectivity index (χ1v) is 10.00. The minimum absolute atomic E-state index is 0.130. The van der Waals surface area contributed by atoms with Crippen LogP contribution in [-0.2, 0) is 33.5 Å². The molecule has 4 rings (SSSR count). The highest BCUT2D eigenvalue weighted by molar-refractivity contribution is 5.89. The van der Waals surface area contributed by atoms with Crippen molar-refractivity contribution in [2.45, 2.75) is 44.5 Å². The van der Waals surface area contributed by atoms with E-state index < -0.39 is 29.2 Å². The number of nitrogens with zero attached hydrogens (tertiary/aromatic N) is 2. The maximum atomic E-state index is 13.5. The van der Waals surface area contributed by atoms with E-state index in [0.717, 1.165) is 30.8 Å². The first-order valence-electron chi connectivity index (χ1n) is 10.00. The Bertz CT molecular complexity index is 831. The number of ether oxygens (including phenoxy) is 1. The van der Waals surface area contributed by atoms with E-state index in [1.807, 2.05) is 7.05 Å². The smallest absolute Gasteiger partial charge is 0.416 e. The molecule has 5 nitrogen and oxygen atoms in total. The summed E-state index contributed by atoms with van der Waals surface area (Å²) in [5, 5.41) is 0. The highest BCUT2D eigenvalue weighted by atomic mass is 19.4. The molecule has 0 aromatic heterocycles. The van der Waals surface area contributed by atoms with E-state index in [2.05, 4.69) is 4.90 Å². The lowest BCUT2D eigenvalue weighted by Crippen LogP contribution is -2.53. The van der Waals surface area contributed by atoms with Crippen molar-refractivity contribution < 1.29 is 27.5 Å². The fourth-order valence-electron chi connectivity index (χ4n) is 4.92. The molecule has 3 aliphatic heterocycles. The predicted molar refractivity (Wildman–Crippen MR) is 98.8 cm³/mol. The molecule has 3 aliphatic rings. The number of benzene rings is 1. The van der Waals surface area contributed by atoms with Gasteiger partial charge in [-0.05, 0) is 36.7 Å². The molecule has 2 unspecified atom stereocenters. The van der Waals surface area contributed by atoms with E-state index in [-0.39, 0.29) is 18.4 Å². The van der Waals surface area contributed by atoms with Gasteiger partial charge in [-0.1, -0.05) is 13.0 Å². The van der Waals surface area contributed by atoms with E-state index in [1.54, 1.807) is 11.8 Å². The monoisotopic (exact) mass is 410 g/mol. The highest BCUT2D eigenvalue weighted by Gasteiger charge is 2.58. The van der Waals surface area contributed by atoms with Crippen LogP contribution >= 0.6 is 0 Å². The highest BCUT2D eigenvalue weighted by Crippen LogP contribution is 2.45. The molecular formula is C21H25F3N2O3. The summed E-state index contributed by atoms with van der Waals surface area (Å²) in [4.78, 5) is 29.6. The number of rotatable bonds is 1. The Hall–Kier alpha value is -2.09. The zero-order valence-electron chi connectivity index (χ0n) is 16.6. The Labute approximate surface area is 167 Å². The first-order chi connectivity index (χ1) is 13.6. The average Bonchev–Trinajstić information content (AvgIpc) is 2.92. The molecule has 158 valence electrons. The molecule has 8 heteroatoms. The average molecular weight is 410 g/mol. The van der Waals surface area contributed by atoms with Crippen LogP contribution in [0.2, 0.25) is 0 Å². The second kappa shape index (κ2) is 7.00. The second-order valence-corrected chi connectivity index (χ2v) is 8.55. The number of piperidine rings is 1. The van der Waals surface area contributed by atoms with Crippen molar-refractivity contribution in [2.75, 3.05) is 26.7 Å². The normalized spacial score (nSPS) is 27.1. The van der Waals surface area contributed by atoms with Crippen LogP contribution < -0.4 is 0 Å². The SMILES string of the molecule is CC1C(=O)OC2(CCN(C)CC2)C1C(=O)N1CCc2ccc(C(F)(F)F)cc2C1. The molecule has 1 aromatic rings. The summed E-state index contributed by atoms with van der Waals surface area (Å²) in [5.41, 5.74) is -0.142. The van der Waals surface area contributed by atoms with Crippen LogP contribution in [0.1, 0.15) is 36.5 Å². The summed E-state index contributed by atoms with van der Waals surface area (Å²) in [5.74, 6) is -1.68. The van der Waals surface area contributed by atoms with E-state index >= 15 is 0 Å². The Morgan fingerprint density at radius 2 is 1.86 bits per heavy atom. The van der Waals surface area contributed by atoms with E-state index in [9.17, 15) is 22.8 Å². The molecule has 0 N–H and O–H groups in total. The van der Waals surface area contributed by atoms with Crippen LogP contribution in [0.15, 0.2) is 18.2 Å². The van der Waals surface area contributed by atoms with E-state index in [4.69, 9.17) is 4.74 Å². The van der Waals surface area contributed by atoms with Crippen molar-refractivity contribution >= 4 is 11.9 Å². The second-order valence-electron chi connectivity index (χ2n) is 8.55. The lowest BCUT2D eigenvalue weighted by atomic mass is 9.74. The summed E-state index contributed by atoms with van der Waals surface area (Å²) in [7, 11) is 1.99. The Morgan fingerprint density at radius 3 is 2.52 bits per heavy atom. The lowest BCUT2D eigenvalue weighted by molar-refractivity contribution is -0.157. The molecule has 2 saturated heterocycles. The van der Waals surface area contributed by atoms with Crippen molar-refractivity contribution in [3.63, 3.8) is 0 Å². The van der Waals surface area contributed by atoms with Crippen LogP contribution in [0.3, 0.4) is 0 Å². The fraction of sp³-hybridized carbons (Fsp3) is 0.619. The van der Waals surface area contributed by atoms with Crippen LogP contribution in [0.5, 0.6) is 0 Å². The van der Waals surface area contributed by atoms with E-state index in [0.29, 0.717) is 31.4 Å². The van der Waals surface area contributed by atoms with Crippen LogP contribution in [-0.4, -0.2) is 54.0 Å². The predicted octanol–water partition coefficient (Wildman–Crippen LogP) is 2.86. The number of alkyl halides is 3. The molecule has 0 saturated carbocycles. The molecule has 0 aliphatic carbocycles. The van der Waals surface area contributed by atoms with Crippen molar-refractivity contribution in [3.05, 3.63) is 34.9 Å². The van der Waals surface area contributed by atoms with Gasteiger partial charge in [-0.15, -0.1) is 0 Å². The summed E-state index contributed by atoms with van der Waals surface area (Å²) in [6, 6.07) is 3.73. The van der Waals surface area contributed by atoms with Gasteiger partial charge in [0.25, 0.3) is 0 Å². The number of fused-ring (bicyclic) bond motifs is 1. The summed E-state index contributed by atoms with van der Waals surface area (Å²) < 4.78 is 45.0. The summed E-state index contributed by atoms with van der Waals surface area (Å²) >= 11 is 0. The maximum absolute atomic E-state index is 13.5. The van der Waals surface area contributed by atoms with Gasteiger partial charge in [0.1, 0.15) is 5.60 Å². The molecule has 1 amide bonds. The third-order valence-electron chi connectivity index (χ3n) is 6.70. The van der Waals surface area contributed by atoms with Gasteiger partial charge in [-0.25, -0.2) is 0 Å². The Balaban J connectivity index is 1.59. The number of hydrogen-bond donors (Lipinski definition) is 0. The van der Waals surface area contributed by atoms with Gasteiger partial charge in [0, 0.05) is 39.0 Å². The standard InChI is InChI=1S/C21H25F3N2O3/c1-13-17(20(29-19(13)28)6-9-25(2)10-7-20)18(27)26-8-5-14-3-4-16(21(22,23)24)11-15(14)12-26/h3-4,11,13,17H,5-10,12H2,1-2H3. The number of hydrogen-bond acceptors (Lipinski definition) is 4. The van der Waals surface area contributed by atoms with Crippen LogP contribution in [0, 0.1) is 11.8 Å². The molecule has 2 atom stereocenters. The molecule has 0 bridgehead atoms. The molecule has 3 heterocycles. The van der Waals surface area contributed by atoms with Crippen molar-refractivity contribution in [2.24, 2.45) is 11.8 Å². The van der Waals surface area contributed by atoms with Gasteiger partial charge in [-0.3, -0.25) is 9.59 Å². The molecule has 29 heavy (non-hydrogen) atoms. The quantitative estimate of drug-likeness (QED) is 0.668. The number of carbonyl (C=O) groups is 2. The van der Waals surface area contributed by atoms with E-state index in [1.165, 1.54) is 6.07 Å². The third-order valence-corrected chi connectivity index (χ3v) is 6.70.